The summed E-state index contributed by atoms with van der Waals surface area (Å²) < 4.78 is 5.39. The molecule has 1 aromatic heterocycles. The molecule has 1 heterocycles. The van der Waals surface area contributed by atoms with Gasteiger partial charge < -0.3 is 9.73 Å². The van der Waals surface area contributed by atoms with Crippen LogP contribution in [0.1, 0.15) is 12.6 Å². The Bertz CT molecular complexity index is 511. The van der Waals surface area contributed by atoms with E-state index in [9.17, 15) is 0 Å². The van der Waals surface area contributed by atoms with Gasteiger partial charge in [-0.05, 0) is 18.7 Å². The minimum Gasteiger partial charge on any atom is -0.443 e. The number of halogens is 2. The van der Waals surface area contributed by atoms with Gasteiger partial charge in [0.2, 0.25) is 0 Å². The van der Waals surface area contributed by atoms with E-state index in [0.717, 1.165) is 17.8 Å². The van der Waals surface area contributed by atoms with Crippen LogP contribution in [0.4, 0.5) is 0 Å². The van der Waals surface area contributed by atoms with Gasteiger partial charge in [-0.25, -0.2) is 4.98 Å². The summed E-state index contributed by atoms with van der Waals surface area (Å²) in [5.74, 6) is 0.665. The molecule has 0 aliphatic carbocycles. The summed E-state index contributed by atoms with van der Waals surface area (Å²) in [5.41, 5.74) is 1.60. The lowest BCUT2D eigenvalue weighted by atomic mass is 10.1. The summed E-state index contributed by atoms with van der Waals surface area (Å²) in [6, 6.07) is 5.45. The molecule has 2 rings (SSSR count). The smallest absolute Gasteiger partial charge is 0.181 e. The normalized spacial score (nSPS) is 10.8. The molecule has 3 nitrogen and oxygen atoms in total. The molecule has 0 aliphatic heterocycles. The number of aromatic nitrogens is 1. The van der Waals surface area contributed by atoms with Crippen molar-refractivity contribution in [1.29, 1.82) is 0 Å². The average Bonchev–Trinajstić information content (AvgIpc) is 2.78. The van der Waals surface area contributed by atoms with Crippen molar-refractivity contribution in [3.8, 4) is 11.3 Å². The van der Waals surface area contributed by atoms with E-state index in [-0.39, 0.29) is 0 Å². The van der Waals surface area contributed by atoms with Crippen molar-refractivity contribution in [3.05, 3.63) is 40.3 Å². The molecule has 0 amide bonds. The van der Waals surface area contributed by atoms with Crippen molar-refractivity contribution in [2.75, 3.05) is 6.54 Å². The standard InChI is InChI=1S/C12H12Cl2N2O/c1-2-15-6-10-12(17-7-16-10)8-4-3-5-9(13)11(8)14/h3-5,7,15H,2,6H2,1H3. The van der Waals surface area contributed by atoms with Gasteiger partial charge in [0, 0.05) is 12.1 Å². The van der Waals surface area contributed by atoms with Crippen molar-refractivity contribution in [2.24, 2.45) is 0 Å². The second kappa shape index (κ2) is 5.54. The highest BCUT2D eigenvalue weighted by Gasteiger charge is 2.14. The van der Waals surface area contributed by atoms with Crippen molar-refractivity contribution >= 4 is 23.2 Å². The third-order valence-corrected chi connectivity index (χ3v) is 3.20. The van der Waals surface area contributed by atoms with Gasteiger partial charge in [-0.1, -0.05) is 36.2 Å². The number of benzene rings is 1. The molecular weight excluding hydrogens is 259 g/mol. The molecule has 0 saturated carbocycles. The number of nitrogens with one attached hydrogen (secondary N) is 1. The van der Waals surface area contributed by atoms with E-state index >= 15 is 0 Å². The minimum absolute atomic E-state index is 0.490. The van der Waals surface area contributed by atoms with Gasteiger partial charge in [0.05, 0.1) is 10.0 Å². The number of hydrogen-bond donors (Lipinski definition) is 1. The molecule has 1 N–H and O–H groups in total. The number of oxazole rings is 1. The van der Waals surface area contributed by atoms with Crippen LogP contribution in [-0.2, 0) is 6.54 Å². The third-order valence-electron chi connectivity index (χ3n) is 2.38. The highest BCUT2D eigenvalue weighted by Crippen LogP contribution is 2.34. The Kier molecular flexibility index (Phi) is 4.05. The fourth-order valence-corrected chi connectivity index (χ4v) is 1.92. The first-order chi connectivity index (χ1) is 8.24. The zero-order valence-electron chi connectivity index (χ0n) is 9.34. The van der Waals surface area contributed by atoms with E-state index in [1.165, 1.54) is 6.39 Å². The number of rotatable bonds is 4. The molecular formula is C12H12Cl2N2O. The van der Waals surface area contributed by atoms with Gasteiger partial charge in [0.15, 0.2) is 12.2 Å². The molecule has 0 fully saturated rings. The molecule has 0 spiro atoms. The van der Waals surface area contributed by atoms with Crippen molar-refractivity contribution < 1.29 is 4.42 Å². The maximum absolute atomic E-state index is 6.15. The van der Waals surface area contributed by atoms with Gasteiger partial charge in [0.25, 0.3) is 0 Å². The first kappa shape index (κ1) is 12.4. The summed E-state index contributed by atoms with van der Waals surface area (Å²) in [4.78, 5) is 4.17. The Morgan fingerprint density at radius 2 is 2.18 bits per heavy atom. The molecule has 0 radical (unpaired) electrons. The van der Waals surface area contributed by atoms with Gasteiger partial charge in [-0.3, -0.25) is 0 Å². The fourth-order valence-electron chi connectivity index (χ4n) is 1.54. The van der Waals surface area contributed by atoms with Gasteiger partial charge in [-0.2, -0.15) is 0 Å². The van der Waals surface area contributed by atoms with Crippen molar-refractivity contribution in [1.82, 2.24) is 10.3 Å². The molecule has 90 valence electrons. The van der Waals surface area contributed by atoms with Crippen LogP contribution in [0.3, 0.4) is 0 Å². The van der Waals surface area contributed by atoms with Gasteiger partial charge >= 0.3 is 0 Å². The van der Waals surface area contributed by atoms with Gasteiger partial charge in [0.1, 0.15) is 5.69 Å². The van der Waals surface area contributed by atoms with E-state index in [2.05, 4.69) is 10.3 Å². The maximum Gasteiger partial charge on any atom is 0.181 e. The summed E-state index contributed by atoms with van der Waals surface area (Å²) in [5, 5.41) is 4.20. The molecule has 5 heteroatoms. The Hall–Kier alpha value is -1.03. The molecule has 0 atom stereocenters. The highest BCUT2D eigenvalue weighted by molar-refractivity contribution is 6.43. The monoisotopic (exact) mass is 270 g/mol. The number of hydrogen-bond acceptors (Lipinski definition) is 3. The Balaban J connectivity index is 2.39. The Labute approximate surface area is 110 Å². The van der Waals surface area contributed by atoms with Crippen LogP contribution in [0, 0.1) is 0 Å². The second-order valence-electron chi connectivity index (χ2n) is 3.51. The molecule has 1 aromatic carbocycles. The molecule has 0 unspecified atom stereocenters. The van der Waals surface area contributed by atoms with Crippen LogP contribution in [0.15, 0.2) is 29.0 Å². The predicted octanol–water partition coefficient (Wildman–Crippen LogP) is 3.76. The largest absolute Gasteiger partial charge is 0.443 e. The predicted molar refractivity (Wildman–Crippen MR) is 69.3 cm³/mol. The lowest BCUT2D eigenvalue weighted by molar-refractivity contribution is 0.570. The van der Waals surface area contributed by atoms with E-state index < -0.39 is 0 Å². The van der Waals surface area contributed by atoms with E-state index in [1.807, 2.05) is 19.1 Å². The Morgan fingerprint density at radius 1 is 1.35 bits per heavy atom. The maximum atomic E-state index is 6.15. The zero-order valence-corrected chi connectivity index (χ0v) is 10.8. The van der Waals surface area contributed by atoms with E-state index in [0.29, 0.717) is 22.4 Å². The Morgan fingerprint density at radius 3 is 2.94 bits per heavy atom. The van der Waals surface area contributed by atoms with Crippen molar-refractivity contribution in [2.45, 2.75) is 13.5 Å². The van der Waals surface area contributed by atoms with Crippen LogP contribution in [-0.4, -0.2) is 11.5 Å². The van der Waals surface area contributed by atoms with Crippen LogP contribution >= 0.6 is 23.2 Å². The van der Waals surface area contributed by atoms with Crippen LogP contribution < -0.4 is 5.32 Å². The SMILES string of the molecule is CCNCc1ncoc1-c1cccc(Cl)c1Cl. The molecule has 0 saturated heterocycles. The lowest BCUT2D eigenvalue weighted by Crippen LogP contribution is -2.12. The molecule has 2 aromatic rings. The average molecular weight is 271 g/mol. The summed E-state index contributed by atoms with van der Waals surface area (Å²) in [6.45, 7) is 3.55. The quantitative estimate of drug-likeness (QED) is 0.920. The first-order valence-electron chi connectivity index (χ1n) is 5.31. The highest BCUT2D eigenvalue weighted by atomic mass is 35.5. The lowest BCUT2D eigenvalue weighted by Gasteiger charge is -2.05. The fraction of sp³-hybridized carbons (Fsp3) is 0.250. The summed E-state index contributed by atoms with van der Waals surface area (Å²) >= 11 is 12.1. The van der Waals surface area contributed by atoms with Gasteiger partial charge in [-0.15, -0.1) is 0 Å². The minimum atomic E-state index is 0.490. The summed E-state index contributed by atoms with van der Waals surface area (Å²) in [7, 11) is 0. The zero-order chi connectivity index (χ0) is 12.3. The molecule has 0 aliphatic rings. The molecule has 0 bridgehead atoms. The van der Waals surface area contributed by atoms with Crippen LogP contribution in [0.2, 0.25) is 10.0 Å². The van der Waals surface area contributed by atoms with Crippen molar-refractivity contribution in [3.63, 3.8) is 0 Å². The van der Waals surface area contributed by atoms with Crippen LogP contribution in [0.25, 0.3) is 11.3 Å². The summed E-state index contributed by atoms with van der Waals surface area (Å²) in [6.07, 6.45) is 1.42. The topological polar surface area (TPSA) is 38.1 Å². The molecule has 17 heavy (non-hydrogen) atoms. The van der Waals surface area contributed by atoms with E-state index in [1.54, 1.807) is 6.07 Å². The number of nitrogens with zero attached hydrogens (tertiary/aromatic N) is 1. The van der Waals surface area contributed by atoms with Crippen LogP contribution in [0.5, 0.6) is 0 Å². The van der Waals surface area contributed by atoms with E-state index in [4.69, 9.17) is 27.6 Å². The third kappa shape index (κ3) is 2.63. The first-order valence-corrected chi connectivity index (χ1v) is 6.07. The second-order valence-corrected chi connectivity index (χ2v) is 4.30.